The first-order valence-electron chi connectivity index (χ1n) is 6.14. The molecule has 0 aromatic heterocycles. The molecular weight excluding hydrogens is 228 g/mol. The molecule has 3 heteroatoms. The number of rotatable bonds is 5. The highest BCUT2D eigenvalue weighted by Crippen LogP contribution is 2.05. The van der Waals surface area contributed by atoms with E-state index in [1.807, 2.05) is 56.3 Å². The van der Waals surface area contributed by atoms with Crippen molar-refractivity contribution in [2.24, 2.45) is 5.92 Å². The zero-order valence-electron chi connectivity index (χ0n) is 11.1. The van der Waals surface area contributed by atoms with Crippen molar-refractivity contribution in [3.63, 3.8) is 0 Å². The molecule has 98 valence electrons. The molecule has 0 bridgehead atoms. The Morgan fingerprint density at radius 1 is 1.22 bits per heavy atom. The van der Waals surface area contributed by atoms with Crippen molar-refractivity contribution in [1.82, 2.24) is 0 Å². The fraction of sp³-hybridized carbons (Fsp3) is 0.400. The Labute approximate surface area is 108 Å². The molecule has 1 aromatic carbocycles. The van der Waals surface area contributed by atoms with Gasteiger partial charge in [0.2, 0.25) is 0 Å². The van der Waals surface area contributed by atoms with Crippen LogP contribution in [0.5, 0.6) is 0 Å². The number of hydrogen-bond donors (Lipinski definition) is 0. The van der Waals surface area contributed by atoms with Crippen molar-refractivity contribution in [2.45, 2.75) is 26.9 Å². The number of carbonyl (C=O) groups is 1. The van der Waals surface area contributed by atoms with E-state index in [1.165, 1.54) is 0 Å². The average molecular weight is 248 g/mol. The van der Waals surface area contributed by atoms with Gasteiger partial charge in [0.05, 0.1) is 6.61 Å². The van der Waals surface area contributed by atoms with Crippen LogP contribution in [0.25, 0.3) is 6.08 Å². The summed E-state index contributed by atoms with van der Waals surface area (Å²) in [6, 6.07) is 9.85. The lowest BCUT2D eigenvalue weighted by atomic mass is 10.2. The molecule has 0 spiro atoms. The highest BCUT2D eigenvalue weighted by Gasteiger charge is 2.08. The van der Waals surface area contributed by atoms with Crippen LogP contribution in [0.15, 0.2) is 36.4 Å². The van der Waals surface area contributed by atoms with E-state index in [1.54, 1.807) is 6.92 Å². The lowest BCUT2D eigenvalue weighted by Crippen LogP contribution is -2.16. The second kappa shape index (κ2) is 7.54. The van der Waals surface area contributed by atoms with Gasteiger partial charge in [-0.25, -0.2) is 4.79 Å². The summed E-state index contributed by atoms with van der Waals surface area (Å²) >= 11 is 0. The highest BCUT2D eigenvalue weighted by molar-refractivity contribution is 5.60. The van der Waals surface area contributed by atoms with Gasteiger partial charge < -0.3 is 9.47 Å². The molecule has 0 aliphatic rings. The summed E-state index contributed by atoms with van der Waals surface area (Å²) in [6.45, 7) is 6.14. The van der Waals surface area contributed by atoms with Crippen LogP contribution in [-0.2, 0) is 9.47 Å². The molecule has 1 atom stereocenters. The van der Waals surface area contributed by atoms with Crippen molar-refractivity contribution >= 4 is 12.2 Å². The summed E-state index contributed by atoms with van der Waals surface area (Å²) in [5.74, 6) is 0.313. The average Bonchev–Trinajstić information content (AvgIpc) is 2.35. The fourth-order valence-electron chi connectivity index (χ4n) is 1.27. The highest BCUT2D eigenvalue weighted by atomic mass is 16.7. The second-order valence-electron chi connectivity index (χ2n) is 4.55. The first-order valence-corrected chi connectivity index (χ1v) is 6.14. The molecule has 18 heavy (non-hydrogen) atoms. The van der Waals surface area contributed by atoms with Crippen molar-refractivity contribution in [1.29, 1.82) is 0 Å². The molecule has 0 fully saturated rings. The van der Waals surface area contributed by atoms with Crippen LogP contribution in [0.1, 0.15) is 26.3 Å². The fourth-order valence-corrected chi connectivity index (χ4v) is 1.27. The van der Waals surface area contributed by atoms with E-state index in [-0.39, 0.29) is 6.10 Å². The smallest absolute Gasteiger partial charge is 0.434 e. The molecule has 0 heterocycles. The number of hydrogen-bond acceptors (Lipinski definition) is 3. The topological polar surface area (TPSA) is 35.5 Å². The summed E-state index contributed by atoms with van der Waals surface area (Å²) in [6.07, 6.45) is 2.82. The maximum absolute atomic E-state index is 11.3. The van der Waals surface area contributed by atoms with Crippen LogP contribution in [0, 0.1) is 5.92 Å². The second-order valence-corrected chi connectivity index (χ2v) is 4.55. The van der Waals surface area contributed by atoms with E-state index in [9.17, 15) is 4.79 Å². The Morgan fingerprint density at radius 3 is 2.50 bits per heavy atom. The maximum Gasteiger partial charge on any atom is 0.508 e. The van der Waals surface area contributed by atoms with Gasteiger partial charge in [-0.2, -0.15) is 0 Å². The third-order valence-electron chi connectivity index (χ3n) is 2.18. The van der Waals surface area contributed by atoms with Gasteiger partial charge >= 0.3 is 6.16 Å². The van der Waals surface area contributed by atoms with Crippen LogP contribution in [0.3, 0.4) is 0 Å². The van der Waals surface area contributed by atoms with Gasteiger partial charge in [0.25, 0.3) is 0 Å². The zero-order chi connectivity index (χ0) is 13.4. The lowest BCUT2D eigenvalue weighted by Gasteiger charge is -2.10. The molecule has 0 N–H and O–H groups in total. The van der Waals surface area contributed by atoms with Gasteiger partial charge in [0, 0.05) is 0 Å². The summed E-state index contributed by atoms with van der Waals surface area (Å²) in [4.78, 5) is 11.3. The molecule has 3 nitrogen and oxygen atoms in total. The first kappa shape index (κ1) is 14.3. The Kier molecular flexibility index (Phi) is 5.98. The largest absolute Gasteiger partial charge is 0.508 e. The summed E-state index contributed by atoms with van der Waals surface area (Å²) in [7, 11) is 0. The van der Waals surface area contributed by atoms with Gasteiger partial charge in [-0.05, 0) is 24.5 Å². The molecule has 1 rings (SSSR count). The third-order valence-corrected chi connectivity index (χ3v) is 2.18. The molecule has 1 aromatic rings. The summed E-state index contributed by atoms with van der Waals surface area (Å²) < 4.78 is 10.0. The van der Waals surface area contributed by atoms with E-state index in [0.717, 1.165) is 5.56 Å². The van der Waals surface area contributed by atoms with Gasteiger partial charge in [-0.3, -0.25) is 0 Å². The van der Waals surface area contributed by atoms with E-state index in [2.05, 4.69) is 0 Å². The minimum Gasteiger partial charge on any atom is -0.434 e. The Bertz CT molecular complexity index is 382. The Morgan fingerprint density at radius 2 is 1.89 bits per heavy atom. The van der Waals surface area contributed by atoms with Gasteiger partial charge in [-0.15, -0.1) is 0 Å². The zero-order valence-corrected chi connectivity index (χ0v) is 11.1. The summed E-state index contributed by atoms with van der Waals surface area (Å²) in [5, 5.41) is 0. The standard InChI is InChI=1S/C15H20O3/c1-12(2)11-17-15(16)18-13(3)9-10-14-7-5-4-6-8-14/h4-10,12-13H,11H2,1-3H3/b10-9+/t13-/m0/s1. The lowest BCUT2D eigenvalue weighted by molar-refractivity contribution is 0.0352. The molecule has 0 radical (unpaired) electrons. The molecule has 0 saturated heterocycles. The quantitative estimate of drug-likeness (QED) is 0.741. The van der Waals surface area contributed by atoms with Crippen LogP contribution >= 0.6 is 0 Å². The molecular formula is C15H20O3. The van der Waals surface area contributed by atoms with Crippen molar-refractivity contribution in [3.05, 3.63) is 42.0 Å². The van der Waals surface area contributed by atoms with Crippen LogP contribution in [-0.4, -0.2) is 18.9 Å². The maximum atomic E-state index is 11.3. The monoisotopic (exact) mass is 248 g/mol. The van der Waals surface area contributed by atoms with Gasteiger partial charge in [0.1, 0.15) is 6.10 Å². The van der Waals surface area contributed by atoms with Gasteiger partial charge in [-0.1, -0.05) is 50.3 Å². The van der Waals surface area contributed by atoms with E-state index in [0.29, 0.717) is 12.5 Å². The number of carbonyl (C=O) groups excluding carboxylic acids is 1. The Balaban J connectivity index is 2.35. The van der Waals surface area contributed by atoms with Crippen LogP contribution < -0.4 is 0 Å². The minimum atomic E-state index is -0.617. The number of ether oxygens (including phenoxy) is 2. The van der Waals surface area contributed by atoms with Crippen molar-refractivity contribution in [2.75, 3.05) is 6.61 Å². The molecule has 0 amide bonds. The van der Waals surface area contributed by atoms with E-state index in [4.69, 9.17) is 9.47 Å². The number of benzene rings is 1. The first-order chi connectivity index (χ1) is 8.58. The van der Waals surface area contributed by atoms with E-state index >= 15 is 0 Å². The molecule has 0 aliphatic heterocycles. The van der Waals surface area contributed by atoms with E-state index < -0.39 is 6.16 Å². The van der Waals surface area contributed by atoms with Crippen LogP contribution in [0.2, 0.25) is 0 Å². The van der Waals surface area contributed by atoms with Crippen molar-refractivity contribution in [3.8, 4) is 0 Å². The van der Waals surface area contributed by atoms with Crippen molar-refractivity contribution < 1.29 is 14.3 Å². The minimum absolute atomic E-state index is 0.301. The predicted octanol–water partition coefficient (Wildman–Crippen LogP) is 3.90. The summed E-state index contributed by atoms with van der Waals surface area (Å²) in [5.41, 5.74) is 1.07. The third kappa shape index (κ3) is 6.09. The normalized spacial score (nSPS) is 12.7. The van der Waals surface area contributed by atoms with Crippen LogP contribution in [0.4, 0.5) is 4.79 Å². The SMILES string of the molecule is CC(C)COC(=O)O[C@@H](C)/C=C/c1ccccc1. The molecule has 0 aliphatic carbocycles. The molecule has 0 unspecified atom stereocenters. The Hall–Kier alpha value is -1.77. The predicted molar refractivity (Wildman–Crippen MR) is 72.2 cm³/mol. The van der Waals surface area contributed by atoms with Gasteiger partial charge in [0.15, 0.2) is 0 Å². The molecule has 0 saturated carbocycles.